The quantitative estimate of drug-likeness (QED) is 0.494. The Morgan fingerprint density at radius 2 is 1.97 bits per heavy atom. The van der Waals surface area contributed by atoms with Crippen LogP contribution in [-0.2, 0) is 21.2 Å². The van der Waals surface area contributed by atoms with Gasteiger partial charge in [0.1, 0.15) is 0 Å². The molecule has 154 valence electrons. The second-order valence-corrected chi connectivity index (χ2v) is 10.3. The van der Waals surface area contributed by atoms with Crippen molar-refractivity contribution >= 4 is 53.5 Å². The van der Waals surface area contributed by atoms with Crippen molar-refractivity contribution in [3.63, 3.8) is 0 Å². The maximum absolute atomic E-state index is 12.8. The fraction of sp³-hybridized carbons (Fsp3) is 0.238. The second kappa shape index (κ2) is 7.50. The number of thiazole rings is 1. The maximum Gasteiger partial charge on any atom is 0.243 e. The number of aromatic nitrogens is 2. The van der Waals surface area contributed by atoms with Crippen LogP contribution in [0.3, 0.4) is 0 Å². The van der Waals surface area contributed by atoms with Crippen LogP contribution in [0.4, 0.5) is 5.13 Å². The van der Waals surface area contributed by atoms with E-state index in [-0.39, 0.29) is 17.2 Å². The minimum Gasteiger partial charge on any atom is -0.361 e. The molecule has 1 aliphatic rings. The van der Waals surface area contributed by atoms with Crippen molar-refractivity contribution in [1.29, 1.82) is 0 Å². The summed E-state index contributed by atoms with van der Waals surface area (Å²) in [7, 11) is -3.48. The molecule has 30 heavy (non-hydrogen) atoms. The van der Waals surface area contributed by atoms with Crippen molar-refractivity contribution in [1.82, 2.24) is 14.3 Å². The van der Waals surface area contributed by atoms with Crippen LogP contribution in [0.2, 0.25) is 0 Å². The molecule has 0 radical (unpaired) electrons. The number of rotatable bonds is 5. The van der Waals surface area contributed by atoms with E-state index in [1.54, 1.807) is 18.2 Å². The van der Waals surface area contributed by atoms with Gasteiger partial charge in [-0.25, -0.2) is 13.4 Å². The number of benzene rings is 2. The Hall–Kier alpha value is -2.75. The molecule has 1 amide bonds. The zero-order valence-corrected chi connectivity index (χ0v) is 17.7. The molecule has 5 rings (SSSR count). The predicted molar refractivity (Wildman–Crippen MR) is 118 cm³/mol. The van der Waals surface area contributed by atoms with E-state index in [0.29, 0.717) is 23.7 Å². The van der Waals surface area contributed by atoms with Crippen molar-refractivity contribution in [3.05, 3.63) is 54.2 Å². The van der Waals surface area contributed by atoms with Crippen LogP contribution in [0.15, 0.2) is 53.6 Å². The molecule has 3 heterocycles. The minimum absolute atomic E-state index is 0.163. The SMILES string of the molecule is O=C(Cc1c[nH]c2ccccc12)Nc1nc2ccc(S(=O)(=O)N3CCCC3)cc2s1. The standard InChI is InChI=1S/C21H20N4O3S2/c26-20(11-14-13-22-17-6-2-1-5-16(14)17)24-21-23-18-8-7-15(12-19(18)29-21)30(27,28)25-9-3-4-10-25/h1-2,5-8,12-13,22H,3-4,9-11H2,(H,23,24,26). The Morgan fingerprint density at radius 3 is 2.80 bits per heavy atom. The predicted octanol–water partition coefficient (Wildman–Crippen LogP) is 3.74. The fourth-order valence-corrected chi connectivity index (χ4v) is 6.35. The average molecular weight is 441 g/mol. The molecule has 2 aromatic heterocycles. The van der Waals surface area contributed by atoms with E-state index < -0.39 is 10.0 Å². The van der Waals surface area contributed by atoms with Gasteiger partial charge in [-0.3, -0.25) is 4.79 Å². The fourth-order valence-electron chi connectivity index (χ4n) is 3.81. The average Bonchev–Trinajstić information content (AvgIpc) is 3.47. The van der Waals surface area contributed by atoms with Gasteiger partial charge >= 0.3 is 0 Å². The number of carbonyl (C=O) groups excluding carboxylic acids is 1. The number of fused-ring (bicyclic) bond motifs is 2. The van der Waals surface area contributed by atoms with Gasteiger partial charge in [0, 0.05) is 30.2 Å². The number of H-pyrrole nitrogens is 1. The number of sulfonamides is 1. The van der Waals surface area contributed by atoms with E-state index >= 15 is 0 Å². The van der Waals surface area contributed by atoms with E-state index in [1.165, 1.54) is 15.6 Å². The Balaban J connectivity index is 1.35. The topological polar surface area (TPSA) is 95.2 Å². The first-order valence-electron chi connectivity index (χ1n) is 9.76. The third-order valence-electron chi connectivity index (χ3n) is 5.33. The first-order valence-corrected chi connectivity index (χ1v) is 12.0. The molecule has 0 aliphatic carbocycles. The lowest BCUT2D eigenvalue weighted by molar-refractivity contribution is -0.115. The lowest BCUT2D eigenvalue weighted by Crippen LogP contribution is -2.27. The Morgan fingerprint density at radius 1 is 1.17 bits per heavy atom. The molecule has 0 unspecified atom stereocenters. The van der Waals surface area contributed by atoms with Crippen molar-refractivity contribution in [2.75, 3.05) is 18.4 Å². The smallest absolute Gasteiger partial charge is 0.243 e. The van der Waals surface area contributed by atoms with E-state index in [0.717, 1.165) is 34.0 Å². The van der Waals surface area contributed by atoms with E-state index in [9.17, 15) is 13.2 Å². The Bertz CT molecular complexity index is 1350. The number of carbonyl (C=O) groups is 1. The normalized spacial score (nSPS) is 15.2. The number of aromatic amines is 1. The van der Waals surface area contributed by atoms with Gasteiger partial charge in [0.15, 0.2) is 5.13 Å². The van der Waals surface area contributed by atoms with Crippen LogP contribution in [0, 0.1) is 0 Å². The lowest BCUT2D eigenvalue weighted by atomic mass is 10.1. The van der Waals surface area contributed by atoms with Gasteiger partial charge in [0.25, 0.3) is 0 Å². The van der Waals surface area contributed by atoms with Crippen LogP contribution in [0.1, 0.15) is 18.4 Å². The molecule has 2 N–H and O–H groups in total. The van der Waals surface area contributed by atoms with Crippen LogP contribution in [0.5, 0.6) is 0 Å². The number of nitrogens with one attached hydrogen (secondary N) is 2. The maximum atomic E-state index is 12.8. The van der Waals surface area contributed by atoms with Crippen molar-refractivity contribution in [2.45, 2.75) is 24.2 Å². The molecule has 0 atom stereocenters. The molecule has 4 aromatic rings. The lowest BCUT2D eigenvalue weighted by Gasteiger charge is -2.15. The van der Waals surface area contributed by atoms with Crippen LogP contribution < -0.4 is 5.32 Å². The number of amides is 1. The highest BCUT2D eigenvalue weighted by atomic mass is 32.2. The van der Waals surface area contributed by atoms with Crippen LogP contribution in [0.25, 0.3) is 21.1 Å². The molecule has 9 heteroatoms. The molecule has 0 bridgehead atoms. The molecule has 1 fully saturated rings. The third kappa shape index (κ3) is 3.49. The summed E-state index contributed by atoms with van der Waals surface area (Å²) in [6.45, 7) is 1.14. The van der Waals surface area contributed by atoms with Gasteiger partial charge in [-0.05, 0) is 42.7 Å². The number of para-hydroxylation sites is 1. The first kappa shape index (κ1) is 19.2. The Kier molecular flexibility index (Phi) is 4.80. The molecular weight excluding hydrogens is 420 g/mol. The van der Waals surface area contributed by atoms with Gasteiger partial charge in [-0.1, -0.05) is 29.5 Å². The highest BCUT2D eigenvalue weighted by Crippen LogP contribution is 2.30. The molecule has 0 spiro atoms. The van der Waals surface area contributed by atoms with Crippen molar-refractivity contribution in [3.8, 4) is 0 Å². The molecule has 1 saturated heterocycles. The number of hydrogen-bond acceptors (Lipinski definition) is 5. The monoisotopic (exact) mass is 440 g/mol. The van der Waals surface area contributed by atoms with Gasteiger partial charge in [-0.2, -0.15) is 4.31 Å². The highest BCUT2D eigenvalue weighted by molar-refractivity contribution is 7.89. The van der Waals surface area contributed by atoms with Crippen LogP contribution >= 0.6 is 11.3 Å². The number of nitrogens with zero attached hydrogens (tertiary/aromatic N) is 2. The van der Waals surface area contributed by atoms with Crippen molar-refractivity contribution < 1.29 is 13.2 Å². The molecule has 7 nitrogen and oxygen atoms in total. The molecule has 2 aromatic carbocycles. The second-order valence-electron chi connectivity index (χ2n) is 7.34. The summed E-state index contributed by atoms with van der Waals surface area (Å²) in [5, 5.41) is 4.33. The van der Waals surface area contributed by atoms with Crippen molar-refractivity contribution in [2.24, 2.45) is 0 Å². The Labute approximate surface area is 177 Å². The van der Waals surface area contributed by atoms with E-state index in [2.05, 4.69) is 15.3 Å². The summed E-state index contributed by atoms with van der Waals surface area (Å²) >= 11 is 1.28. The highest BCUT2D eigenvalue weighted by Gasteiger charge is 2.27. The summed E-state index contributed by atoms with van der Waals surface area (Å²) in [5.41, 5.74) is 2.58. The van der Waals surface area contributed by atoms with E-state index in [4.69, 9.17) is 0 Å². The minimum atomic E-state index is -3.48. The van der Waals surface area contributed by atoms with Gasteiger partial charge in [-0.15, -0.1) is 0 Å². The zero-order valence-electron chi connectivity index (χ0n) is 16.1. The summed E-state index contributed by atoms with van der Waals surface area (Å²) in [4.78, 5) is 20.4. The van der Waals surface area contributed by atoms with E-state index in [1.807, 2.05) is 30.5 Å². The number of hydrogen-bond donors (Lipinski definition) is 2. The summed E-state index contributed by atoms with van der Waals surface area (Å²) in [6.07, 6.45) is 3.87. The summed E-state index contributed by atoms with van der Waals surface area (Å²) in [5.74, 6) is -0.163. The largest absolute Gasteiger partial charge is 0.361 e. The summed E-state index contributed by atoms with van der Waals surface area (Å²) < 4.78 is 27.8. The molecular formula is C21H20N4O3S2. The first-order chi connectivity index (χ1) is 14.5. The van der Waals surface area contributed by atoms with Gasteiger partial charge < -0.3 is 10.3 Å². The molecule has 0 saturated carbocycles. The molecule has 1 aliphatic heterocycles. The summed E-state index contributed by atoms with van der Waals surface area (Å²) in [6, 6.07) is 12.8. The van der Waals surface area contributed by atoms with Gasteiger partial charge in [0.05, 0.1) is 21.5 Å². The number of anilines is 1. The van der Waals surface area contributed by atoms with Crippen LogP contribution in [-0.4, -0.2) is 41.7 Å². The van der Waals surface area contributed by atoms with Gasteiger partial charge in [0.2, 0.25) is 15.9 Å². The third-order valence-corrected chi connectivity index (χ3v) is 8.16. The zero-order chi connectivity index (χ0) is 20.7.